The first-order valence-electron chi connectivity index (χ1n) is 5.44. The molecule has 0 heterocycles. The minimum atomic E-state index is -1.09. The molecule has 0 bridgehead atoms. The van der Waals surface area contributed by atoms with Gasteiger partial charge in [0, 0.05) is 17.7 Å². The fraction of sp³-hybridized carbons (Fsp3) is 0.231. The van der Waals surface area contributed by atoms with Crippen molar-refractivity contribution < 1.29 is 28.6 Å². The smallest absolute Gasteiger partial charge is 0.379 e. The molecule has 0 aromatic heterocycles. The first-order valence-corrected chi connectivity index (χ1v) is 5.44. The SMILES string of the molecule is CCOC(=O)C(=O)C=C(O)c1cc(F)cc(OC)c1. The van der Waals surface area contributed by atoms with Crippen LogP contribution in [0.5, 0.6) is 5.75 Å². The lowest BCUT2D eigenvalue weighted by Crippen LogP contribution is -2.15. The van der Waals surface area contributed by atoms with Gasteiger partial charge in [0.2, 0.25) is 0 Å². The molecular weight excluding hydrogens is 255 g/mol. The molecular formula is C13H13FO5. The predicted molar refractivity (Wildman–Crippen MR) is 65.2 cm³/mol. The Morgan fingerprint density at radius 1 is 1.37 bits per heavy atom. The number of halogens is 1. The average molecular weight is 268 g/mol. The Kier molecular flexibility index (Phi) is 5.05. The normalized spacial score (nSPS) is 11.0. The number of rotatable bonds is 5. The van der Waals surface area contributed by atoms with Crippen molar-refractivity contribution in [3.63, 3.8) is 0 Å². The fourth-order valence-electron chi connectivity index (χ4n) is 1.30. The number of hydrogen-bond donors (Lipinski definition) is 1. The van der Waals surface area contributed by atoms with Crippen LogP contribution in [0, 0.1) is 5.82 Å². The van der Waals surface area contributed by atoms with E-state index in [-0.39, 0.29) is 17.9 Å². The molecule has 1 aromatic rings. The van der Waals surface area contributed by atoms with Gasteiger partial charge in [0.05, 0.1) is 13.7 Å². The molecule has 0 amide bonds. The first-order chi connectivity index (χ1) is 8.97. The van der Waals surface area contributed by atoms with Gasteiger partial charge in [-0.3, -0.25) is 4.79 Å². The van der Waals surface area contributed by atoms with E-state index in [1.165, 1.54) is 13.2 Å². The molecule has 0 saturated heterocycles. The summed E-state index contributed by atoms with van der Waals surface area (Å²) in [5.41, 5.74) is 0.0227. The Bertz CT molecular complexity index is 522. The molecule has 102 valence electrons. The van der Waals surface area contributed by atoms with Gasteiger partial charge in [0.15, 0.2) is 0 Å². The molecule has 1 rings (SSSR count). The van der Waals surface area contributed by atoms with Crippen LogP contribution in [-0.2, 0) is 14.3 Å². The van der Waals surface area contributed by atoms with Gasteiger partial charge >= 0.3 is 5.97 Å². The number of aliphatic hydroxyl groups excluding tert-OH is 1. The number of ketones is 1. The molecule has 1 aromatic carbocycles. The molecule has 1 N–H and O–H groups in total. The van der Waals surface area contributed by atoms with Gasteiger partial charge < -0.3 is 14.6 Å². The molecule has 0 fully saturated rings. The monoisotopic (exact) mass is 268 g/mol. The zero-order valence-corrected chi connectivity index (χ0v) is 10.5. The number of benzene rings is 1. The van der Waals surface area contributed by atoms with Gasteiger partial charge in [0.25, 0.3) is 5.78 Å². The average Bonchev–Trinajstić information content (AvgIpc) is 2.38. The number of ether oxygens (including phenoxy) is 2. The minimum absolute atomic E-state index is 0.0227. The van der Waals surface area contributed by atoms with E-state index in [9.17, 15) is 19.1 Å². The summed E-state index contributed by atoms with van der Waals surface area (Å²) in [6, 6.07) is 3.45. The highest BCUT2D eigenvalue weighted by Crippen LogP contribution is 2.20. The van der Waals surface area contributed by atoms with Crippen LogP contribution in [0.4, 0.5) is 4.39 Å². The van der Waals surface area contributed by atoms with Crippen molar-refractivity contribution in [1.29, 1.82) is 0 Å². The predicted octanol–water partition coefficient (Wildman–Crippen LogP) is 1.87. The van der Waals surface area contributed by atoms with Crippen molar-refractivity contribution in [2.45, 2.75) is 6.92 Å². The highest BCUT2D eigenvalue weighted by Gasteiger charge is 2.14. The Hall–Kier alpha value is -2.37. The fourth-order valence-corrected chi connectivity index (χ4v) is 1.30. The van der Waals surface area contributed by atoms with E-state index in [1.54, 1.807) is 6.92 Å². The second-order valence-electron chi connectivity index (χ2n) is 3.49. The number of hydrogen-bond acceptors (Lipinski definition) is 5. The Balaban J connectivity index is 2.99. The maximum absolute atomic E-state index is 13.2. The van der Waals surface area contributed by atoms with E-state index in [4.69, 9.17) is 4.74 Å². The summed E-state index contributed by atoms with van der Waals surface area (Å²) in [6.07, 6.45) is 0.673. The highest BCUT2D eigenvalue weighted by atomic mass is 19.1. The van der Waals surface area contributed by atoms with Gasteiger partial charge in [0.1, 0.15) is 17.3 Å². The molecule has 0 radical (unpaired) electrons. The van der Waals surface area contributed by atoms with Crippen LogP contribution in [0.1, 0.15) is 12.5 Å². The van der Waals surface area contributed by atoms with E-state index in [0.29, 0.717) is 6.08 Å². The molecule has 0 aliphatic heterocycles. The third-order valence-electron chi connectivity index (χ3n) is 2.15. The molecule has 0 aliphatic carbocycles. The first kappa shape index (κ1) is 14.7. The summed E-state index contributed by atoms with van der Waals surface area (Å²) >= 11 is 0. The van der Waals surface area contributed by atoms with E-state index in [0.717, 1.165) is 12.1 Å². The maximum atomic E-state index is 13.2. The molecule has 0 unspecified atom stereocenters. The third kappa shape index (κ3) is 4.09. The minimum Gasteiger partial charge on any atom is -0.507 e. The highest BCUT2D eigenvalue weighted by molar-refractivity contribution is 6.39. The zero-order chi connectivity index (χ0) is 14.4. The van der Waals surface area contributed by atoms with Crippen LogP contribution < -0.4 is 4.74 Å². The Labute approximate surface area is 109 Å². The summed E-state index contributed by atoms with van der Waals surface area (Å²) < 4.78 is 22.5. The van der Waals surface area contributed by atoms with E-state index < -0.39 is 23.3 Å². The van der Waals surface area contributed by atoms with Crippen molar-refractivity contribution >= 4 is 17.5 Å². The molecule has 19 heavy (non-hydrogen) atoms. The molecule has 0 aliphatic rings. The van der Waals surface area contributed by atoms with Crippen LogP contribution >= 0.6 is 0 Å². The van der Waals surface area contributed by atoms with Crippen molar-refractivity contribution in [2.75, 3.05) is 13.7 Å². The number of carbonyl (C=O) groups is 2. The number of methoxy groups -OCH3 is 1. The zero-order valence-electron chi connectivity index (χ0n) is 10.5. The van der Waals surface area contributed by atoms with Gasteiger partial charge in [-0.2, -0.15) is 0 Å². The van der Waals surface area contributed by atoms with E-state index in [1.807, 2.05) is 0 Å². The quantitative estimate of drug-likeness (QED) is 0.382. The summed E-state index contributed by atoms with van der Waals surface area (Å²) in [5.74, 6) is -3.12. The topological polar surface area (TPSA) is 72.8 Å². The van der Waals surface area contributed by atoms with Crippen molar-refractivity contribution in [3.8, 4) is 5.75 Å². The molecule has 0 saturated carbocycles. The van der Waals surface area contributed by atoms with Crippen LogP contribution in [0.2, 0.25) is 0 Å². The van der Waals surface area contributed by atoms with Gasteiger partial charge in [-0.15, -0.1) is 0 Å². The molecule has 0 atom stereocenters. The maximum Gasteiger partial charge on any atom is 0.379 e. The number of aliphatic hydroxyl groups is 1. The van der Waals surface area contributed by atoms with Crippen LogP contribution in [0.25, 0.3) is 5.76 Å². The second-order valence-corrected chi connectivity index (χ2v) is 3.49. The van der Waals surface area contributed by atoms with Crippen molar-refractivity contribution in [1.82, 2.24) is 0 Å². The van der Waals surface area contributed by atoms with E-state index in [2.05, 4.69) is 4.74 Å². The summed E-state index contributed by atoms with van der Waals surface area (Å²) in [4.78, 5) is 22.4. The van der Waals surface area contributed by atoms with Gasteiger partial charge in [-0.25, -0.2) is 9.18 Å². The lowest BCUT2D eigenvalue weighted by atomic mass is 10.1. The lowest BCUT2D eigenvalue weighted by Gasteiger charge is -2.04. The van der Waals surface area contributed by atoms with Crippen LogP contribution in [0.3, 0.4) is 0 Å². The standard InChI is InChI=1S/C13H13FO5/c1-3-19-13(17)12(16)7-11(15)8-4-9(14)6-10(5-8)18-2/h4-7,15H,3H2,1-2H3. The molecule has 5 nitrogen and oxygen atoms in total. The summed E-state index contributed by atoms with van der Waals surface area (Å²) in [7, 11) is 1.34. The molecule has 6 heteroatoms. The number of esters is 1. The van der Waals surface area contributed by atoms with Gasteiger partial charge in [-0.05, 0) is 19.1 Å². The third-order valence-corrected chi connectivity index (χ3v) is 2.15. The lowest BCUT2D eigenvalue weighted by molar-refractivity contribution is -0.151. The molecule has 0 spiro atoms. The number of carbonyl (C=O) groups excluding carboxylic acids is 2. The largest absolute Gasteiger partial charge is 0.507 e. The second kappa shape index (κ2) is 6.53. The summed E-state index contributed by atoms with van der Waals surface area (Å²) in [6.45, 7) is 1.60. The van der Waals surface area contributed by atoms with Crippen molar-refractivity contribution in [2.24, 2.45) is 0 Å². The van der Waals surface area contributed by atoms with Crippen LogP contribution in [0.15, 0.2) is 24.3 Å². The van der Waals surface area contributed by atoms with Gasteiger partial charge in [-0.1, -0.05) is 0 Å². The van der Waals surface area contributed by atoms with Crippen molar-refractivity contribution in [3.05, 3.63) is 35.7 Å². The summed E-state index contributed by atoms with van der Waals surface area (Å²) in [5, 5.41) is 9.66. The van der Waals surface area contributed by atoms with Crippen LogP contribution in [-0.4, -0.2) is 30.6 Å². The Morgan fingerprint density at radius 2 is 2.05 bits per heavy atom. The van der Waals surface area contributed by atoms with E-state index >= 15 is 0 Å². The Morgan fingerprint density at radius 3 is 2.63 bits per heavy atom.